The molecule has 0 radical (unpaired) electrons. The van der Waals surface area contributed by atoms with E-state index in [1.165, 1.54) is 6.07 Å². The van der Waals surface area contributed by atoms with Crippen LogP contribution in [-0.2, 0) is 16.6 Å². The Bertz CT molecular complexity index is 588. The van der Waals surface area contributed by atoms with E-state index >= 15 is 0 Å². The van der Waals surface area contributed by atoms with Gasteiger partial charge in [0.05, 0.1) is 0 Å². The lowest BCUT2D eigenvalue weighted by Crippen LogP contribution is -2.27. The standard InChI is InChI=1S/C13H18BrFN2O2S/c1-2-5-16-8-9-6-10(14)7-12(13(9)15)20(18,19)17-11-3-4-11/h6-7,11,16-17H,2-5,8H2,1H3. The van der Waals surface area contributed by atoms with Crippen LogP contribution in [-0.4, -0.2) is 21.0 Å². The first kappa shape index (κ1) is 15.9. The zero-order chi connectivity index (χ0) is 14.8. The molecule has 0 saturated heterocycles. The Kier molecular flexibility index (Phi) is 5.17. The van der Waals surface area contributed by atoms with Crippen molar-refractivity contribution in [3.63, 3.8) is 0 Å². The van der Waals surface area contributed by atoms with Crippen molar-refractivity contribution in [3.8, 4) is 0 Å². The Balaban J connectivity index is 2.27. The van der Waals surface area contributed by atoms with Crippen LogP contribution in [0.2, 0.25) is 0 Å². The van der Waals surface area contributed by atoms with Gasteiger partial charge in [-0.2, -0.15) is 0 Å². The van der Waals surface area contributed by atoms with Gasteiger partial charge in [0, 0.05) is 22.6 Å². The molecule has 0 spiro atoms. The van der Waals surface area contributed by atoms with E-state index in [0.29, 0.717) is 16.6 Å². The minimum atomic E-state index is -3.79. The first-order chi connectivity index (χ1) is 9.44. The van der Waals surface area contributed by atoms with E-state index in [1.54, 1.807) is 6.07 Å². The maximum Gasteiger partial charge on any atom is 0.243 e. The van der Waals surface area contributed by atoms with Crippen LogP contribution in [0.5, 0.6) is 0 Å². The van der Waals surface area contributed by atoms with Crippen molar-refractivity contribution >= 4 is 26.0 Å². The molecule has 1 fully saturated rings. The molecule has 1 aromatic rings. The summed E-state index contributed by atoms with van der Waals surface area (Å²) in [5.74, 6) is -0.676. The molecule has 0 aromatic heterocycles. The zero-order valence-corrected chi connectivity index (χ0v) is 13.7. The van der Waals surface area contributed by atoms with Gasteiger partial charge < -0.3 is 5.32 Å². The van der Waals surface area contributed by atoms with Crippen molar-refractivity contribution in [2.45, 2.75) is 43.7 Å². The third-order valence-electron chi connectivity index (χ3n) is 3.01. The molecule has 1 aromatic carbocycles. The van der Waals surface area contributed by atoms with Crippen LogP contribution in [0.3, 0.4) is 0 Å². The quantitative estimate of drug-likeness (QED) is 0.730. The lowest BCUT2D eigenvalue weighted by atomic mass is 10.2. The highest BCUT2D eigenvalue weighted by Crippen LogP contribution is 2.27. The maximum absolute atomic E-state index is 14.4. The summed E-state index contributed by atoms with van der Waals surface area (Å²) < 4.78 is 41.7. The van der Waals surface area contributed by atoms with Crippen LogP contribution in [0.4, 0.5) is 4.39 Å². The number of halogens is 2. The first-order valence-electron chi connectivity index (χ1n) is 6.65. The summed E-state index contributed by atoms with van der Waals surface area (Å²) in [4.78, 5) is -0.285. The second-order valence-electron chi connectivity index (χ2n) is 4.95. The Morgan fingerprint density at radius 3 is 2.70 bits per heavy atom. The average molecular weight is 365 g/mol. The Morgan fingerprint density at radius 2 is 2.10 bits per heavy atom. The lowest BCUT2D eigenvalue weighted by molar-refractivity contribution is 0.541. The fraction of sp³-hybridized carbons (Fsp3) is 0.538. The van der Waals surface area contributed by atoms with E-state index in [0.717, 1.165) is 25.8 Å². The fourth-order valence-electron chi connectivity index (χ4n) is 1.83. The molecule has 0 amide bonds. The van der Waals surface area contributed by atoms with Crippen molar-refractivity contribution < 1.29 is 12.8 Å². The van der Waals surface area contributed by atoms with Crippen molar-refractivity contribution in [1.82, 2.24) is 10.0 Å². The summed E-state index contributed by atoms with van der Waals surface area (Å²) in [7, 11) is -3.79. The SMILES string of the molecule is CCCNCc1cc(Br)cc(S(=O)(=O)NC2CC2)c1F. The number of rotatable bonds is 7. The first-order valence-corrected chi connectivity index (χ1v) is 8.92. The fourth-order valence-corrected chi connectivity index (χ4v) is 3.93. The predicted molar refractivity (Wildman–Crippen MR) is 79.4 cm³/mol. The molecular formula is C13H18BrFN2O2S. The van der Waals surface area contributed by atoms with Gasteiger partial charge in [0.25, 0.3) is 0 Å². The summed E-state index contributed by atoms with van der Waals surface area (Å²) in [5, 5.41) is 3.08. The summed E-state index contributed by atoms with van der Waals surface area (Å²) in [6.07, 6.45) is 2.57. The molecule has 0 aliphatic heterocycles. The molecule has 1 saturated carbocycles. The molecule has 20 heavy (non-hydrogen) atoms. The molecular weight excluding hydrogens is 347 g/mol. The van der Waals surface area contributed by atoms with Gasteiger partial charge in [-0.15, -0.1) is 0 Å². The van der Waals surface area contributed by atoms with E-state index in [-0.39, 0.29) is 10.9 Å². The van der Waals surface area contributed by atoms with Gasteiger partial charge >= 0.3 is 0 Å². The van der Waals surface area contributed by atoms with Crippen LogP contribution in [0.25, 0.3) is 0 Å². The largest absolute Gasteiger partial charge is 0.313 e. The zero-order valence-electron chi connectivity index (χ0n) is 11.2. The molecule has 0 heterocycles. The van der Waals surface area contributed by atoms with Crippen LogP contribution >= 0.6 is 15.9 Å². The summed E-state index contributed by atoms with van der Waals surface area (Å²) in [6, 6.07) is 2.87. The number of sulfonamides is 1. The topological polar surface area (TPSA) is 58.2 Å². The third kappa shape index (κ3) is 4.00. The van der Waals surface area contributed by atoms with E-state index < -0.39 is 15.8 Å². The van der Waals surface area contributed by atoms with Gasteiger partial charge in [0.1, 0.15) is 10.7 Å². The molecule has 2 rings (SSSR count). The van der Waals surface area contributed by atoms with E-state index in [2.05, 4.69) is 26.0 Å². The van der Waals surface area contributed by atoms with Crippen molar-refractivity contribution in [3.05, 3.63) is 28.0 Å². The highest BCUT2D eigenvalue weighted by molar-refractivity contribution is 9.10. The van der Waals surface area contributed by atoms with Gasteiger partial charge in [-0.1, -0.05) is 22.9 Å². The highest BCUT2D eigenvalue weighted by Gasteiger charge is 2.30. The average Bonchev–Trinajstić information content (AvgIpc) is 3.16. The minimum absolute atomic E-state index is 0.0416. The third-order valence-corrected chi connectivity index (χ3v) is 4.99. The van der Waals surface area contributed by atoms with Crippen LogP contribution in [0.15, 0.2) is 21.5 Å². The monoisotopic (exact) mass is 364 g/mol. The summed E-state index contributed by atoms with van der Waals surface area (Å²) >= 11 is 3.24. The molecule has 2 N–H and O–H groups in total. The molecule has 0 bridgehead atoms. The number of hydrogen-bond donors (Lipinski definition) is 2. The highest BCUT2D eigenvalue weighted by atomic mass is 79.9. The van der Waals surface area contributed by atoms with Crippen molar-refractivity contribution in [2.24, 2.45) is 0 Å². The second-order valence-corrected chi connectivity index (χ2v) is 7.55. The van der Waals surface area contributed by atoms with E-state index in [9.17, 15) is 12.8 Å². The van der Waals surface area contributed by atoms with E-state index in [4.69, 9.17) is 0 Å². The van der Waals surface area contributed by atoms with Gasteiger partial charge in [-0.05, 0) is 37.9 Å². The summed E-state index contributed by atoms with van der Waals surface area (Å²) in [5.41, 5.74) is 0.351. The molecule has 1 aliphatic carbocycles. The second kappa shape index (κ2) is 6.51. The Labute approximate surface area is 127 Å². The Morgan fingerprint density at radius 1 is 1.40 bits per heavy atom. The summed E-state index contributed by atoms with van der Waals surface area (Å²) in [6.45, 7) is 3.08. The molecule has 0 atom stereocenters. The number of hydrogen-bond acceptors (Lipinski definition) is 3. The van der Waals surface area contributed by atoms with Crippen molar-refractivity contribution in [2.75, 3.05) is 6.54 Å². The van der Waals surface area contributed by atoms with Crippen LogP contribution in [0, 0.1) is 5.82 Å². The number of benzene rings is 1. The van der Waals surface area contributed by atoms with Crippen molar-refractivity contribution in [1.29, 1.82) is 0 Å². The Hall–Kier alpha value is -0.500. The van der Waals surface area contributed by atoms with E-state index in [1.807, 2.05) is 6.92 Å². The van der Waals surface area contributed by atoms with Gasteiger partial charge in [0.2, 0.25) is 10.0 Å². The molecule has 4 nitrogen and oxygen atoms in total. The normalized spacial score (nSPS) is 15.6. The molecule has 0 unspecified atom stereocenters. The smallest absolute Gasteiger partial charge is 0.243 e. The number of nitrogens with one attached hydrogen (secondary N) is 2. The molecule has 112 valence electrons. The van der Waals surface area contributed by atoms with Crippen LogP contribution in [0.1, 0.15) is 31.7 Å². The molecule has 7 heteroatoms. The van der Waals surface area contributed by atoms with Gasteiger partial charge in [-0.3, -0.25) is 0 Å². The minimum Gasteiger partial charge on any atom is -0.313 e. The van der Waals surface area contributed by atoms with Gasteiger partial charge in [-0.25, -0.2) is 17.5 Å². The van der Waals surface area contributed by atoms with Gasteiger partial charge in [0.15, 0.2) is 0 Å². The predicted octanol–water partition coefficient (Wildman–Crippen LogP) is 2.53. The molecule has 1 aliphatic rings. The lowest BCUT2D eigenvalue weighted by Gasteiger charge is -2.11. The maximum atomic E-state index is 14.4. The van der Waals surface area contributed by atoms with Crippen LogP contribution < -0.4 is 10.0 Å².